The Morgan fingerprint density at radius 1 is 1.10 bits per heavy atom. The molecule has 0 aliphatic carbocycles. The molecule has 3 aromatic rings. The quantitative estimate of drug-likeness (QED) is 0.645. The van der Waals surface area contributed by atoms with Crippen molar-refractivity contribution >= 4 is 34.3 Å². The summed E-state index contributed by atoms with van der Waals surface area (Å²) in [6.45, 7) is 5.53. The Morgan fingerprint density at radius 3 is 2.53 bits per heavy atom. The highest BCUT2D eigenvalue weighted by atomic mass is 16.5. The van der Waals surface area contributed by atoms with Gasteiger partial charge < -0.3 is 15.0 Å². The molecule has 0 atom stereocenters. The summed E-state index contributed by atoms with van der Waals surface area (Å²) >= 11 is 0. The van der Waals surface area contributed by atoms with Crippen LogP contribution in [0.3, 0.4) is 0 Å². The highest BCUT2D eigenvalue weighted by Gasteiger charge is 2.24. The van der Waals surface area contributed by atoms with Gasteiger partial charge in [-0.1, -0.05) is 0 Å². The van der Waals surface area contributed by atoms with Crippen molar-refractivity contribution in [2.75, 3.05) is 25.0 Å². The van der Waals surface area contributed by atoms with E-state index >= 15 is 0 Å². The molecule has 154 valence electrons. The second kappa shape index (κ2) is 8.49. The van der Waals surface area contributed by atoms with E-state index in [0.717, 1.165) is 42.7 Å². The van der Waals surface area contributed by atoms with Gasteiger partial charge >= 0.3 is 5.97 Å². The number of benzene rings is 1. The number of aryl methyl sites for hydroxylation is 1. The molecule has 0 bridgehead atoms. The number of likely N-dealkylation sites (tertiary alicyclic amines) is 1. The summed E-state index contributed by atoms with van der Waals surface area (Å²) in [5, 5.41) is 4.14. The summed E-state index contributed by atoms with van der Waals surface area (Å²) in [6, 6.07) is 10.8. The van der Waals surface area contributed by atoms with Gasteiger partial charge in [0.15, 0.2) is 5.65 Å². The minimum absolute atomic E-state index is 0.0341. The molecule has 1 amide bonds. The van der Waals surface area contributed by atoms with Gasteiger partial charge in [0.05, 0.1) is 23.4 Å². The van der Waals surface area contributed by atoms with E-state index in [-0.39, 0.29) is 11.9 Å². The van der Waals surface area contributed by atoms with Crippen molar-refractivity contribution in [2.24, 2.45) is 0 Å². The minimum Gasteiger partial charge on any atom is -0.462 e. The molecule has 0 unspecified atom stereocenters. The first-order chi connectivity index (χ1) is 14.6. The molecule has 0 radical (unpaired) electrons. The minimum atomic E-state index is -0.358. The number of nitrogens with one attached hydrogen (secondary N) is 1. The summed E-state index contributed by atoms with van der Waals surface area (Å²) in [7, 11) is 0. The Bertz CT molecular complexity index is 1090. The van der Waals surface area contributed by atoms with Gasteiger partial charge in [-0.2, -0.15) is 0 Å². The van der Waals surface area contributed by atoms with Gasteiger partial charge in [0.1, 0.15) is 0 Å². The highest BCUT2D eigenvalue weighted by Crippen LogP contribution is 2.30. The molecule has 4 rings (SSSR count). The van der Waals surface area contributed by atoms with Crippen LogP contribution in [-0.4, -0.2) is 46.4 Å². The fraction of sp³-hybridized carbons (Fsp3) is 0.304. The van der Waals surface area contributed by atoms with Crippen LogP contribution in [0.25, 0.3) is 11.0 Å². The van der Waals surface area contributed by atoms with Crippen molar-refractivity contribution in [3.8, 4) is 0 Å². The van der Waals surface area contributed by atoms with Crippen molar-refractivity contribution in [3.63, 3.8) is 0 Å². The van der Waals surface area contributed by atoms with E-state index in [4.69, 9.17) is 4.74 Å². The van der Waals surface area contributed by atoms with Crippen LogP contribution in [0, 0.1) is 6.92 Å². The molecule has 30 heavy (non-hydrogen) atoms. The lowest BCUT2D eigenvalue weighted by Crippen LogP contribution is -2.28. The average Bonchev–Trinajstić information content (AvgIpc) is 3.29. The van der Waals surface area contributed by atoms with Crippen molar-refractivity contribution < 1.29 is 14.3 Å². The summed E-state index contributed by atoms with van der Waals surface area (Å²) in [5.41, 5.74) is 3.87. The number of hydrogen-bond donors (Lipinski definition) is 1. The van der Waals surface area contributed by atoms with Gasteiger partial charge in [-0.05, 0) is 63.1 Å². The lowest BCUT2D eigenvalue weighted by Gasteiger charge is -2.19. The number of pyridine rings is 2. The smallest absolute Gasteiger partial charge is 0.338 e. The van der Waals surface area contributed by atoms with Crippen molar-refractivity contribution in [3.05, 3.63) is 59.4 Å². The molecular weight excluding hydrogens is 380 g/mol. The van der Waals surface area contributed by atoms with Gasteiger partial charge in [-0.3, -0.25) is 4.79 Å². The molecule has 1 aliphatic rings. The standard InChI is InChI=1S/C23H24N4O3/c1-3-30-23(29)16-7-9-17(10-8-16)26-20-18-11-6-15(2)25-21(18)24-14-19(20)22(28)27-12-4-5-13-27/h6-11,14H,3-5,12-13H2,1-2H3,(H,24,25,26). The first kappa shape index (κ1) is 19.8. The van der Waals surface area contributed by atoms with E-state index in [0.29, 0.717) is 29.1 Å². The molecule has 7 heteroatoms. The molecule has 1 saturated heterocycles. The zero-order valence-electron chi connectivity index (χ0n) is 17.1. The number of anilines is 2. The molecule has 2 aromatic heterocycles. The molecule has 1 aromatic carbocycles. The maximum atomic E-state index is 13.1. The van der Waals surface area contributed by atoms with Gasteiger partial charge in [0, 0.05) is 36.1 Å². The third-order valence-electron chi connectivity index (χ3n) is 5.16. The summed E-state index contributed by atoms with van der Waals surface area (Å²) in [4.78, 5) is 35.8. The molecular formula is C23H24N4O3. The number of fused-ring (bicyclic) bond motifs is 1. The van der Waals surface area contributed by atoms with Crippen molar-refractivity contribution in [2.45, 2.75) is 26.7 Å². The van der Waals surface area contributed by atoms with Crippen LogP contribution in [0.4, 0.5) is 11.4 Å². The monoisotopic (exact) mass is 404 g/mol. The maximum absolute atomic E-state index is 13.1. The number of carbonyl (C=O) groups excluding carboxylic acids is 2. The van der Waals surface area contributed by atoms with E-state index < -0.39 is 0 Å². The van der Waals surface area contributed by atoms with Crippen LogP contribution in [-0.2, 0) is 4.74 Å². The van der Waals surface area contributed by atoms with E-state index in [2.05, 4.69) is 15.3 Å². The lowest BCUT2D eigenvalue weighted by atomic mass is 10.1. The summed E-state index contributed by atoms with van der Waals surface area (Å²) in [5.74, 6) is -0.392. The Labute approximate surface area is 175 Å². The van der Waals surface area contributed by atoms with Crippen LogP contribution in [0.1, 0.15) is 46.2 Å². The summed E-state index contributed by atoms with van der Waals surface area (Å²) in [6.07, 6.45) is 3.64. The Balaban J connectivity index is 1.72. The zero-order valence-corrected chi connectivity index (χ0v) is 17.1. The van der Waals surface area contributed by atoms with Crippen LogP contribution in [0.5, 0.6) is 0 Å². The molecule has 1 aliphatic heterocycles. The normalized spacial score (nSPS) is 13.5. The van der Waals surface area contributed by atoms with E-state index in [1.165, 1.54) is 0 Å². The van der Waals surface area contributed by atoms with Crippen molar-refractivity contribution in [1.82, 2.24) is 14.9 Å². The predicted octanol–water partition coefficient (Wildman–Crippen LogP) is 4.09. The number of ether oxygens (including phenoxy) is 1. The van der Waals surface area contributed by atoms with Crippen molar-refractivity contribution in [1.29, 1.82) is 0 Å². The van der Waals surface area contributed by atoms with Crippen LogP contribution in [0.15, 0.2) is 42.6 Å². The van der Waals surface area contributed by atoms with E-state index in [1.807, 2.05) is 24.0 Å². The first-order valence-electron chi connectivity index (χ1n) is 10.2. The number of amides is 1. The Hall–Kier alpha value is -3.48. The number of esters is 1. The van der Waals surface area contributed by atoms with E-state index in [9.17, 15) is 9.59 Å². The largest absolute Gasteiger partial charge is 0.462 e. The Kier molecular flexibility index (Phi) is 5.61. The number of aromatic nitrogens is 2. The molecule has 0 spiro atoms. The molecule has 1 fully saturated rings. The van der Waals surface area contributed by atoms with Gasteiger partial charge in [0.2, 0.25) is 0 Å². The van der Waals surface area contributed by atoms with Gasteiger partial charge in [0.25, 0.3) is 5.91 Å². The van der Waals surface area contributed by atoms with Gasteiger partial charge in [-0.25, -0.2) is 14.8 Å². The number of hydrogen-bond acceptors (Lipinski definition) is 6. The molecule has 1 N–H and O–H groups in total. The SMILES string of the molecule is CCOC(=O)c1ccc(Nc2c(C(=O)N3CCCC3)cnc3nc(C)ccc23)cc1. The number of rotatable bonds is 5. The number of nitrogens with zero attached hydrogens (tertiary/aromatic N) is 3. The number of carbonyl (C=O) groups is 2. The zero-order chi connectivity index (χ0) is 21.1. The highest BCUT2D eigenvalue weighted by molar-refractivity contribution is 6.07. The predicted molar refractivity (Wildman–Crippen MR) is 115 cm³/mol. The third-order valence-corrected chi connectivity index (χ3v) is 5.16. The van der Waals surface area contributed by atoms with Crippen LogP contribution in [0.2, 0.25) is 0 Å². The Morgan fingerprint density at radius 2 is 1.83 bits per heavy atom. The molecule has 7 nitrogen and oxygen atoms in total. The molecule has 0 saturated carbocycles. The lowest BCUT2D eigenvalue weighted by molar-refractivity contribution is 0.0526. The molecule has 3 heterocycles. The van der Waals surface area contributed by atoms with E-state index in [1.54, 1.807) is 37.4 Å². The maximum Gasteiger partial charge on any atom is 0.338 e. The summed E-state index contributed by atoms with van der Waals surface area (Å²) < 4.78 is 5.04. The van der Waals surface area contributed by atoms with Crippen LogP contribution < -0.4 is 5.32 Å². The fourth-order valence-electron chi connectivity index (χ4n) is 3.61. The average molecular weight is 404 g/mol. The van der Waals surface area contributed by atoms with Crippen LogP contribution >= 0.6 is 0 Å². The fourth-order valence-corrected chi connectivity index (χ4v) is 3.61. The topological polar surface area (TPSA) is 84.4 Å². The van der Waals surface area contributed by atoms with Gasteiger partial charge in [-0.15, -0.1) is 0 Å². The third kappa shape index (κ3) is 3.96. The first-order valence-corrected chi connectivity index (χ1v) is 10.2. The second-order valence-corrected chi connectivity index (χ2v) is 7.29. The second-order valence-electron chi connectivity index (χ2n) is 7.29.